The predicted molar refractivity (Wildman–Crippen MR) is 113 cm³/mol. The minimum Gasteiger partial charge on any atom is -0.452 e. The fraction of sp³-hybridized carbons (Fsp3) is 0.0455. The van der Waals surface area contributed by atoms with Crippen LogP contribution < -0.4 is 10.5 Å². The fourth-order valence-corrected chi connectivity index (χ4v) is 3.17. The Morgan fingerprint density at radius 2 is 1.32 bits per heavy atom. The molecule has 9 heteroatoms. The lowest BCUT2D eigenvalue weighted by Gasteiger charge is -2.08. The van der Waals surface area contributed by atoms with Crippen LogP contribution in [-0.4, -0.2) is 32.7 Å². The van der Waals surface area contributed by atoms with Crippen molar-refractivity contribution in [1.29, 1.82) is 0 Å². The van der Waals surface area contributed by atoms with Crippen LogP contribution in [0.3, 0.4) is 0 Å². The summed E-state index contributed by atoms with van der Waals surface area (Å²) >= 11 is 0. The Kier molecular flexibility index (Phi) is 6.58. The maximum atomic E-state index is 12.4. The summed E-state index contributed by atoms with van der Waals surface area (Å²) in [6.45, 7) is -0.541. The second-order valence-corrected chi connectivity index (χ2v) is 8.03. The summed E-state index contributed by atoms with van der Waals surface area (Å²) in [5.74, 6) is -1.50. The Labute approximate surface area is 178 Å². The smallest absolute Gasteiger partial charge is 0.338 e. The van der Waals surface area contributed by atoms with Crippen molar-refractivity contribution >= 4 is 33.4 Å². The highest BCUT2D eigenvalue weighted by molar-refractivity contribution is 7.89. The van der Waals surface area contributed by atoms with Gasteiger partial charge in [-0.2, -0.15) is 0 Å². The van der Waals surface area contributed by atoms with Gasteiger partial charge >= 0.3 is 5.97 Å². The molecule has 0 atom stereocenters. The summed E-state index contributed by atoms with van der Waals surface area (Å²) in [6, 6.07) is 19.9. The van der Waals surface area contributed by atoms with Crippen LogP contribution in [0.25, 0.3) is 0 Å². The number of primary sulfonamides is 1. The van der Waals surface area contributed by atoms with E-state index in [1.807, 2.05) is 6.07 Å². The van der Waals surface area contributed by atoms with Gasteiger partial charge in [-0.05, 0) is 36.4 Å². The van der Waals surface area contributed by atoms with E-state index in [4.69, 9.17) is 9.88 Å². The largest absolute Gasteiger partial charge is 0.452 e. The second kappa shape index (κ2) is 9.33. The monoisotopic (exact) mass is 438 g/mol. The molecule has 0 aliphatic rings. The standard InChI is InChI=1S/C22H18N2O6S/c23-31(28,29)19-12-10-18(11-13-19)24-20(25)14-30-22(27)17-8-6-16(7-9-17)21(26)15-4-2-1-3-5-15/h1-13H,14H2,(H,24,25)(H2,23,28,29). The fourth-order valence-electron chi connectivity index (χ4n) is 2.65. The molecular weight excluding hydrogens is 420 g/mol. The Morgan fingerprint density at radius 3 is 1.90 bits per heavy atom. The van der Waals surface area contributed by atoms with Crippen LogP contribution >= 0.6 is 0 Å². The van der Waals surface area contributed by atoms with Crippen molar-refractivity contribution in [3.05, 3.63) is 95.6 Å². The first-order chi connectivity index (χ1) is 14.7. The Balaban J connectivity index is 1.54. The molecule has 8 nitrogen and oxygen atoms in total. The number of nitrogens with one attached hydrogen (secondary N) is 1. The van der Waals surface area contributed by atoms with Crippen molar-refractivity contribution < 1.29 is 27.5 Å². The lowest BCUT2D eigenvalue weighted by atomic mass is 10.0. The highest BCUT2D eigenvalue weighted by Crippen LogP contribution is 2.14. The van der Waals surface area contributed by atoms with E-state index < -0.39 is 28.5 Å². The number of ether oxygens (including phenoxy) is 1. The lowest BCUT2D eigenvalue weighted by Crippen LogP contribution is -2.21. The average molecular weight is 438 g/mol. The molecule has 0 bridgehead atoms. The number of hydrogen-bond donors (Lipinski definition) is 2. The van der Waals surface area contributed by atoms with E-state index >= 15 is 0 Å². The third-order valence-corrected chi connectivity index (χ3v) is 5.15. The van der Waals surface area contributed by atoms with Crippen LogP contribution in [0.15, 0.2) is 83.8 Å². The number of nitrogens with two attached hydrogens (primary N) is 1. The van der Waals surface area contributed by atoms with Crippen LogP contribution in [0, 0.1) is 0 Å². The molecule has 0 heterocycles. The molecule has 0 aliphatic heterocycles. The summed E-state index contributed by atoms with van der Waals surface area (Å²) in [5.41, 5.74) is 1.46. The van der Waals surface area contributed by atoms with Gasteiger partial charge in [0.25, 0.3) is 5.91 Å². The van der Waals surface area contributed by atoms with Crippen molar-refractivity contribution in [3.8, 4) is 0 Å². The number of carbonyl (C=O) groups excluding carboxylic acids is 3. The molecule has 0 fully saturated rings. The van der Waals surface area contributed by atoms with Gasteiger partial charge in [-0.25, -0.2) is 18.4 Å². The molecule has 1 amide bonds. The Morgan fingerprint density at radius 1 is 0.774 bits per heavy atom. The van der Waals surface area contributed by atoms with Crippen LogP contribution in [0.2, 0.25) is 0 Å². The van der Waals surface area contributed by atoms with Crippen LogP contribution in [0.5, 0.6) is 0 Å². The number of benzene rings is 3. The van der Waals surface area contributed by atoms with E-state index in [-0.39, 0.29) is 16.2 Å². The molecule has 3 N–H and O–H groups in total. The topological polar surface area (TPSA) is 133 Å². The molecule has 0 aromatic heterocycles. The number of carbonyl (C=O) groups is 3. The molecule has 3 rings (SSSR count). The average Bonchev–Trinajstić information content (AvgIpc) is 2.77. The molecule has 0 spiro atoms. The molecule has 0 aliphatic carbocycles. The highest BCUT2D eigenvalue weighted by Gasteiger charge is 2.13. The molecule has 0 saturated heterocycles. The molecule has 3 aromatic rings. The van der Waals surface area contributed by atoms with E-state index in [9.17, 15) is 22.8 Å². The Hall–Kier alpha value is -3.82. The van der Waals surface area contributed by atoms with Gasteiger partial charge in [0, 0.05) is 16.8 Å². The minimum atomic E-state index is -3.83. The maximum absolute atomic E-state index is 12.4. The first-order valence-electron chi connectivity index (χ1n) is 9.04. The number of sulfonamides is 1. The molecule has 158 valence electrons. The Bertz CT molecular complexity index is 1210. The first kappa shape index (κ1) is 21.9. The summed E-state index contributed by atoms with van der Waals surface area (Å²) in [7, 11) is -3.83. The second-order valence-electron chi connectivity index (χ2n) is 6.47. The maximum Gasteiger partial charge on any atom is 0.338 e. The predicted octanol–water partition coefficient (Wildman–Crippen LogP) is 2.36. The molecule has 31 heavy (non-hydrogen) atoms. The van der Waals surface area contributed by atoms with Crippen molar-refractivity contribution in [1.82, 2.24) is 0 Å². The number of amides is 1. The number of anilines is 1. The lowest BCUT2D eigenvalue weighted by molar-refractivity contribution is -0.119. The summed E-state index contributed by atoms with van der Waals surface area (Å²) in [6.07, 6.45) is 0. The summed E-state index contributed by atoms with van der Waals surface area (Å²) in [5, 5.41) is 7.48. The van der Waals surface area contributed by atoms with Crippen LogP contribution in [0.1, 0.15) is 26.3 Å². The third-order valence-electron chi connectivity index (χ3n) is 4.22. The van der Waals surface area contributed by atoms with Gasteiger partial charge < -0.3 is 10.1 Å². The van der Waals surface area contributed by atoms with Gasteiger partial charge in [0.15, 0.2) is 12.4 Å². The number of rotatable bonds is 7. The van der Waals surface area contributed by atoms with Gasteiger partial charge in [0.1, 0.15) is 0 Å². The zero-order chi connectivity index (χ0) is 22.4. The van der Waals surface area contributed by atoms with Crippen LogP contribution in [-0.2, 0) is 19.6 Å². The van der Waals surface area contributed by atoms with Crippen molar-refractivity contribution in [2.45, 2.75) is 4.90 Å². The van der Waals surface area contributed by atoms with E-state index in [1.165, 1.54) is 48.5 Å². The van der Waals surface area contributed by atoms with Gasteiger partial charge in [0.05, 0.1) is 10.5 Å². The molecular formula is C22H18N2O6S. The molecule has 0 unspecified atom stereocenters. The number of hydrogen-bond acceptors (Lipinski definition) is 6. The van der Waals surface area contributed by atoms with E-state index in [1.54, 1.807) is 24.3 Å². The van der Waals surface area contributed by atoms with Crippen molar-refractivity contribution in [2.24, 2.45) is 5.14 Å². The quantitative estimate of drug-likeness (QED) is 0.430. The van der Waals surface area contributed by atoms with Crippen LogP contribution in [0.4, 0.5) is 5.69 Å². The minimum absolute atomic E-state index is 0.0916. The zero-order valence-electron chi connectivity index (χ0n) is 16.1. The highest BCUT2D eigenvalue weighted by atomic mass is 32.2. The summed E-state index contributed by atoms with van der Waals surface area (Å²) < 4.78 is 27.4. The van der Waals surface area contributed by atoms with E-state index in [0.29, 0.717) is 16.8 Å². The van der Waals surface area contributed by atoms with Gasteiger partial charge in [-0.3, -0.25) is 9.59 Å². The van der Waals surface area contributed by atoms with Crippen molar-refractivity contribution in [2.75, 3.05) is 11.9 Å². The van der Waals surface area contributed by atoms with Gasteiger partial charge in [-0.15, -0.1) is 0 Å². The van der Waals surface area contributed by atoms with Crippen molar-refractivity contribution in [3.63, 3.8) is 0 Å². The van der Waals surface area contributed by atoms with E-state index in [2.05, 4.69) is 5.32 Å². The SMILES string of the molecule is NS(=O)(=O)c1ccc(NC(=O)COC(=O)c2ccc(C(=O)c3ccccc3)cc2)cc1. The number of esters is 1. The normalized spacial score (nSPS) is 10.9. The zero-order valence-corrected chi connectivity index (χ0v) is 17.0. The molecule has 0 radical (unpaired) electrons. The van der Waals surface area contributed by atoms with E-state index in [0.717, 1.165) is 0 Å². The van der Waals surface area contributed by atoms with Gasteiger partial charge in [0.2, 0.25) is 10.0 Å². The molecule has 3 aromatic carbocycles. The summed E-state index contributed by atoms with van der Waals surface area (Å²) in [4.78, 5) is 36.4. The molecule has 0 saturated carbocycles. The number of ketones is 1. The first-order valence-corrected chi connectivity index (χ1v) is 10.6. The van der Waals surface area contributed by atoms with Gasteiger partial charge in [-0.1, -0.05) is 42.5 Å². The third kappa shape index (κ3) is 5.84.